The van der Waals surface area contributed by atoms with Crippen LogP contribution < -0.4 is 9.16 Å². The molecular weight excluding hydrogens is 336 g/mol. The minimum Gasteiger partial charge on any atom is -0.805 e. The molecule has 0 aliphatic carbocycles. The Kier molecular flexibility index (Phi) is 3.96. The van der Waals surface area contributed by atoms with E-state index in [0.29, 0.717) is 22.2 Å². The van der Waals surface area contributed by atoms with Gasteiger partial charge in [-0.15, -0.1) is 0 Å². The topological polar surface area (TPSA) is 83.7 Å². The molecule has 8 heteroatoms. The SMILES string of the molecule is CN1CCN(C(=O)Oc2cccc3c2[n+](=O)c2ccccc2n3[O-])CC1. The Balaban J connectivity index is 1.79. The van der Waals surface area contributed by atoms with E-state index in [2.05, 4.69) is 4.90 Å². The highest BCUT2D eigenvalue weighted by Crippen LogP contribution is 2.25. The molecule has 0 N–H and O–H groups in total. The molecule has 1 fully saturated rings. The van der Waals surface area contributed by atoms with Crippen LogP contribution in [0.5, 0.6) is 5.75 Å². The second-order valence-electron chi connectivity index (χ2n) is 6.36. The van der Waals surface area contributed by atoms with Gasteiger partial charge < -0.3 is 24.5 Å². The molecule has 0 atom stereocenters. The Morgan fingerprint density at radius 1 is 1.04 bits per heavy atom. The van der Waals surface area contributed by atoms with Crippen LogP contribution in [0.2, 0.25) is 0 Å². The number of para-hydroxylation sites is 3. The molecule has 2 heterocycles. The van der Waals surface area contributed by atoms with Gasteiger partial charge in [-0.3, -0.25) is 0 Å². The van der Waals surface area contributed by atoms with Crippen LogP contribution in [0.1, 0.15) is 0 Å². The molecule has 1 aromatic heterocycles. The monoisotopic (exact) mass is 354 g/mol. The first-order valence-electron chi connectivity index (χ1n) is 8.38. The van der Waals surface area contributed by atoms with Crippen LogP contribution in [0.25, 0.3) is 22.1 Å². The zero-order valence-corrected chi connectivity index (χ0v) is 14.3. The van der Waals surface area contributed by atoms with E-state index in [1.54, 1.807) is 35.2 Å². The number of fused-ring (bicyclic) bond motifs is 2. The predicted molar refractivity (Wildman–Crippen MR) is 96.7 cm³/mol. The van der Waals surface area contributed by atoms with E-state index in [-0.39, 0.29) is 27.8 Å². The highest BCUT2D eigenvalue weighted by Gasteiger charge is 2.25. The summed E-state index contributed by atoms with van der Waals surface area (Å²) in [5, 5.41) is 12.6. The summed E-state index contributed by atoms with van der Waals surface area (Å²) < 4.78 is 6.81. The first kappa shape index (κ1) is 16.3. The van der Waals surface area contributed by atoms with Gasteiger partial charge >= 0.3 is 11.6 Å². The van der Waals surface area contributed by atoms with Crippen LogP contribution in [0.4, 0.5) is 4.79 Å². The highest BCUT2D eigenvalue weighted by atomic mass is 16.6. The molecule has 0 unspecified atom stereocenters. The number of carbonyl (C=O) groups excluding carboxylic acids is 1. The van der Waals surface area contributed by atoms with E-state index < -0.39 is 6.09 Å². The molecule has 0 radical (unpaired) electrons. The molecule has 8 nitrogen and oxygen atoms in total. The van der Waals surface area contributed by atoms with Gasteiger partial charge in [0.1, 0.15) is 11.0 Å². The molecule has 0 saturated carbocycles. The molecule has 1 amide bonds. The summed E-state index contributed by atoms with van der Waals surface area (Å²) in [7, 11) is 1.99. The molecule has 26 heavy (non-hydrogen) atoms. The van der Waals surface area contributed by atoms with E-state index in [4.69, 9.17) is 4.74 Å². The molecule has 0 spiro atoms. The summed E-state index contributed by atoms with van der Waals surface area (Å²) in [6.07, 6.45) is -0.517. The second-order valence-corrected chi connectivity index (χ2v) is 6.36. The highest BCUT2D eigenvalue weighted by molar-refractivity contribution is 5.88. The van der Waals surface area contributed by atoms with Crippen LogP contribution >= 0.6 is 0 Å². The average molecular weight is 354 g/mol. The molecule has 1 aliphatic heterocycles. The van der Waals surface area contributed by atoms with Crippen molar-refractivity contribution in [2.24, 2.45) is 0 Å². The van der Waals surface area contributed by atoms with Crippen LogP contribution in [-0.2, 0) is 0 Å². The fourth-order valence-electron chi connectivity index (χ4n) is 3.17. The molecular formula is C18H18N4O4. The average Bonchev–Trinajstić information content (AvgIpc) is 2.66. The van der Waals surface area contributed by atoms with Gasteiger partial charge in [-0.25, -0.2) is 4.79 Å². The first-order chi connectivity index (χ1) is 12.6. The number of hydrogen-bond acceptors (Lipinski definition) is 5. The molecule has 0 bridgehead atoms. The minimum atomic E-state index is -0.517. The minimum absolute atomic E-state index is 0.0451. The van der Waals surface area contributed by atoms with Gasteiger partial charge in [0.15, 0.2) is 0 Å². The number of hydrogen-bond donors (Lipinski definition) is 0. The Morgan fingerprint density at radius 2 is 1.73 bits per heavy atom. The number of rotatable bonds is 1. The largest absolute Gasteiger partial charge is 0.805 e. The van der Waals surface area contributed by atoms with Crippen molar-refractivity contribution in [2.45, 2.75) is 0 Å². The summed E-state index contributed by atoms with van der Waals surface area (Å²) in [5.41, 5.74) is 0.682. The summed E-state index contributed by atoms with van der Waals surface area (Å²) in [6, 6.07) is 11.2. The Labute approximate surface area is 149 Å². The quantitative estimate of drug-likeness (QED) is 0.491. The van der Waals surface area contributed by atoms with Crippen LogP contribution in [0, 0.1) is 10.1 Å². The van der Waals surface area contributed by atoms with Gasteiger partial charge in [0.05, 0.1) is 4.43 Å². The van der Waals surface area contributed by atoms with Gasteiger partial charge in [-0.05, 0) is 25.2 Å². The van der Waals surface area contributed by atoms with Gasteiger partial charge in [0.2, 0.25) is 5.75 Å². The number of benzene rings is 2. The van der Waals surface area contributed by atoms with Crippen molar-refractivity contribution in [3.8, 4) is 5.75 Å². The van der Waals surface area contributed by atoms with E-state index in [1.807, 2.05) is 7.05 Å². The van der Waals surface area contributed by atoms with Crippen molar-refractivity contribution in [3.05, 3.63) is 52.6 Å². The van der Waals surface area contributed by atoms with Crippen molar-refractivity contribution < 1.29 is 14.0 Å². The third kappa shape index (κ3) is 2.64. The smallest absolute Gasteiger partial charge is 0.415 e. The van der Waals surface area contributed by atoms with Crippen LogP contribution in [0.15, 0.2) is 42.5 Å². The zero-order chi connectivity index (χ0) is 18.3. The van der Waals surface area contributed by atoms with Crippen molar-refractivity contribution in [3.63, 3.8) is 0 Å². The molecule has 4 rings (SSSR count). The van der Waals surface area contributed by atoms with E-state index in [9.17, 15) is 14.9 Å². The van der Waals surface area contributed by atoms with Gasteiger partial charge in [0, 0.05) is 37.2 Å². The Bertz CT molecular complexity index is 1050. The number of piperazine rings is 1. The number of likely N-dealkylation sites (N-methyl/N-ethyl adjacent to an activating group) is 1. The van der Waals surface area contributed by atoms with Crippen LogP contribution in [0.3, 0.4) is 0 Å². The molecule has 3 aromatic rings. The van der Waals surface area contributed by atoms with E-state index in [0.717, 1.165) is 13.1 Å². The number of nitrogens with zero attached hydrogens (tertiary/aromatic N) is 4. The molecule has 1 aliphatic rings. The van der Waals surface area contributed by atoms with Gasteiger partial charge in [0.25, 0.3) is 5.52 Å². The normalized spacial score (nSPS) is 15.5. The fraction of sp³-hybridized carbons (Fsp3) is 0.278. The third-order valence-corrected chi connectivity index (χ3v) is 4.68. The third-order valence-electron chi connectivity index (χ3n) is 4.68. The molecule has 134 valence electrons. The summed E-state index contributed by atoms with van der Waals surface area (Å²) in [5.74, 6) is 0.0804. The van der Waals surface area contributed by atoms with Gasteiger partial charge in [-0.1, -0.05) is 18.2 Å². The van der Waals surface area contributed by atoms with E-state index >= 15 is 0 Å². The second kappa shape index (κ2) is 6.30. The Morgan fingerprint density at radius 3 is 2.50 bits per heavy atom. The summed E-state index contributed by atoms with van der Waals surface area (Å²) in [6.45, 7) is 2.64. The van der Waals surface area contributed by atoms with Crippen molar-refractivity contribution in [1.82, 2.24) is 14.5 Å². The van der Waals surface area contributed by atoms with E-state index in [1.165, 1.54) is 12.1 Å². The fourth-order valence-corrected chi connectivity index (χ4v) is 3.17. The lowest BCUT2D eigenvalue weighted by molar-refractivity contribution is -0.433. The van der Waals surface area contributed by atoms with Crippen molar-refractivity contribution in [1.29, 1.82) is 0 Å². The number of carbonyl (C=O) groups is 1. The summed E-state index contributed by atoms with van der Waals surface area (Å²) >= 11 is 0. The lowest BCUT2D eigenvalue weighted by Crippen LogP contribution is -2.48. The number of aromatic nitrogens is 2. The van der Waals surface area contributed by atoms with Crippen molar-refractivity contribution >= 4 is 28.2 Å². The summed E-state index contributed by atoms with van der Waals surface area (Å²) in [4.78, 5) is 29.0. The lowest BCUT2D eigenvalue weighted by atomic mass is 10.2. The number of amides is 1. The maximum absolute atomic E-state index is 12.8. The predicted octanol–water partition coefficient (Wildman–Crippen LogP) is 1.80. The zero-order valence-electron chi connectivity index (χ0n) is 14.3. The van der Waals surface area contributed by atoms with Crippen LogP contribution in [-0.4, -0.2) is 53.9 Å². The maximum atomic E-state index is 12.8. The number of ether oxygens (including phenoxy) is 1. The van der Waals surface area contributed by atoms with Crippen molar-refractivity contribution in [2.75, 3.05) is 33.2 Å². The first-order valence-corrected chi connectivity index (χ1v) is 8.38. The molecule has 2 aromatic carbocycles. The Hall–Kier alpha value is -3.13. The van der Waals surface area contributed by atoms with Gasteiger partial charge in [-0.2, -0.15) is 0 Å². The maximum Gasteiger partial charge on any atom is 0.415 e. The standard InChI is InChI=1S/C18H18N4O4/c1-19-9-11-20(12-10-19)18(23)26-16-8-4-7-15-17(16)22(25)14-6-3-2-5-13(14)21(15)24/h2-8H,9-12H2,1H3. The lowest BCUT2D eigenvalue weighted by Gasteiger charge is -2.31. The molecule has 1 saturated heterocycles.